The first-order valence-corrected chi connectivity index (χ1v) is 10.8. The lowest BCUT2D eigenvalue weighted by molar-refractivity contribution is -0.148. The quantitative estimate of drug-likeness (QED) is 0.639. The molecule has 0 radical (unpaired) electrons. The van der Waals surface area contributed by atoms with Gasteiger partial charge in [-0.1, -0.05) is 30.7 Å². The number of hydrogen-bond donors (Lipinski definition) is 1. The summed E-state index contributed by atoms with van der Waals surface area (Å²) in [5, 5.41) is 2.65. The second-order valence-electron chi connectivity index (χ2n) is 8.81. The van der Waals surface area contributed by atoms with Gasteiger partial charge in [-0.15, -0.1) is 0 Å². The topological polar surface area (TPSA) is 89.5 Å². The minimum absolute atomic E-state index is 0.211. The van der Waals surface area contributed by atoms with E-state index in [4.69, 9.17) is 4.74 Å². The standard InChI is InChI=1S/C25H23NO5/c27-22(13-31-23(28)11-16-10-14-5-6-15(16)9-14)26-17-7-8-20-21(12-17)25(30)19-4-2-1-3-18(19)24(20)29/h1-4,7-8,12,14-16H,5-6,9-11,13H2,(H,26,27). The molecule has 3 atom stereocenters. The van der Waals surface area contributed by atoms with E-state index in [1.54, 1.807) is 36.4 Å². The molecular weight excluding hydrogens is 394 g/mol. The van der Waals surface area contributed by atoms with Gasteiger partial charge in [0, 0.05) is 34.4 Å². The van der Waals surface area contributed by atoms with Crippen LogP contribution in [0, 0.1) is 17.8 Å². The molecule has 2 aromatic rings. The molecule has 158 valence electrons. The average Bonchev–Trinajstić information content (AvgIpc) is 3.39. The molecule has 5 rings (SSSR count). The Morgan fingerprint density at radius 2 is 1.61 bits per heavy atom. The highest BCUT2D eigenvalue weighted by Gasteiger charge is 2.40. The summed E-state index contributed by atoms with van der Waals surface area (Å²) in [4.78, 5) is 49.8. The first-order valence-electron chi connectivity index (χ1n) is 10.8. The van der Waals surface area contributed by atoms with Gasteiger partial charge in [-0.2, -0.15) is 0 Å². The molecule has 2 saturated carbocycles. The van der Waals surface area contributed by atoms with Gasteiger partial charge in [0.1, 0.15) is 0 Å². The van der Waals surface area contributed by atoms with E-state index in [9.17, 15) is 19.2 Å². The van der Waals surface area contributed by atoms with Gasteiger partial charge < -0.3 is 10.1 Å². The molecule has 0 aromatic heterocycles. The predicted molar refractivity (Wildman–Crippen MR) is 113 cm³/mol. The number of rotatable bonds is 5. The largest absolute Gasteiger partial charge is 0.456 e. The molecule has 6 heteroatoms. The number of ketones is 2. The van der Waals surface area contributed by atoms with Crippen molar-refractivity contribution in [1.29, 1.82) is 0 Å². The number of carbonyl (C=O) groups excluding carboxylic acids is 4. The fourth-order valence-corrected chi connectivity index (χ4v) is 5.42. The van der Waals surface area contributed by atoms with E-state index in [1.807, 2.05) is 0 Å². The molecule has 6 nitrogen and oxygen atoms in total. The fourth-order valence-electron chi connectivity index (χ4n) is 5.42. The molecule has 3 aliphatic carbocycles. The number of esters is 1. The van der Waals surface area contributed by atoms with Crippen LogP contribution in [0.15, 0.2) is 42.5 Å². The number of hydrogen-bond acceptors (Lipinski definition) is 5. The second-order valence-corrected chi connectivity index (χ2v) is 8.81. The van der Waals surface area contributed by atoms with Crippen LogP contribution >= 0.6 is 0 Å². The maximum absolute atomic E-state index is 12.8. The SMILES string of the molecule is O=C(COC(=O)CC1CC2CCC1C2)Nc1ccc2c(c1)C(=O)c1ccccc1C2=O. The Kier molecular flexibility index (Phi) is 4.93. The van der Waals surface area contributed by atoms with Crippen LogP contribution in [0.5, 0.6) is 0 Å². The van der Waals surface area contributed by atoms with Crippen LogP contribution in [-0.2, 0) is 14.3 Å². The van der Waals surface area contributed by atoms with Crippen molar-refractivity contribution in [3.8, 4) is 0 Å². The van der Waals surface area contributed by atoms with Gasteiger partial charge in [0.2, 0.25) is 0 Å². The number of fused-ring (bicyclic) bond motifs is 4. The number of nitrogens with one attached hydrogen (secondary N) is 1. The molecule has 1 N–H and O–H groups in total. The van der Waals surface area contributed by atoms with Gasteiger partial charge in [-0.3, -0.25) is 19.2 Å². The summed E-state index contributed by atoms with van der Waals surface area (Å²) in [6.45, 7) is -0.369. The van der Waals surface area contributed by atoms with E-state index in [-0.39, 0.29) is 29.7 Å². The van der Waals surface area contributed by atoms with Gasteiger partial charge >= 0.3 is 5.97 Å². The van der Waals surface area contributed by atoms with Crippen molar-refractivity contribution in [2.75, 3.05) is 11.9 Å². The maximum atomic E-state index is 12.8. The van der Waals surface area contributed by atoms with Crippen LogP contribution in [0.4, 0.5) is 5.69 Å². The first-order chi connectivity index (χ1) is 15.0. The smallest absolute Gasteiger partial charge is 0.306 e. The van der Waals surface area contributed by atoms with Crippen molar-refractivity contribution in [2.45, 2.75) is 32.1 Å². The van der Waals surface area contributed by atoms with Crippen molar-refractivity contribution in [3.05, 3.63) is 64.7 Å². The van der Waals surface area contributed by atoms with E-state index in [1.165, 1.54) is 25.3 Å². The number of anilines is 1. The Bertz CT molecular complexity index is 1100. The maximum Gasteiger partial charge on any atom is 0.306 e. The van der Waals surface area contributed by atoms with Gasteiger partial charge in [0.15, 0.2) is 18.2 Å². The van der Waals surface area contributed by atoms with Crippen LogP contribution < -0.4 is 5.32 Å². The third-order valence-electron chi connectivity index (χ3n) is 6.89. The van der Waals surface area contributed by atoms with Crippen LogP contribution in [0.25, 0.3) is 0 Å². The summed E-state index contributed by atoms with van der Waals surface area (Å²) in [6, 6.07) is 11.3. The normalized spacial score (nSPS) is 23.3. The summed E-state index contributed by atoms with van der Waals surface area (Å²) in [5.74, 6) is 0.508. The molecule has 0 saturated heterocycles. The first kappa shape index (κ1) is 19.7. The Hall–Kier alpha value is -3.28. The predicted octanol–water partition coefficient (Wildman–Crippen LogP) is 3.77. The zero-order valence-electron chi connectivity index (χ0n) is 17.1. The second kappa shape index (κ2) is 7.76. The molecular formula is C25H23NO5. The van der Waals surface area contributed by atoms with Crippen LogP contribution in [0.1, 0.15) is 63.9 Å². The molecule has 2 fully saturated rings. The van der Waals surface area contributed by atoms with E-state index >= 15 is 0 Å². The monoisotopic (exact) mass is 417 g/mol. The third kappa shape index (κ3) is 3.67. The summed E-state index contributed by atoms with van der Waals surface area (Å²) in [6.07, 6.45) is 5.18. The van der Waals surface area contributed by atoms with Gasteiger partial charge in [-0.05, 0) is 55.2 Å². The molecule has 0 spiro atoms. The Morgan fingerprint density at radius 3 is 2.29 bits per heavy atom. The molecule has 2 aromatic carbocycles. The Balaban J connectivity index is 1.20. The van der Waals surface area contributed by atoms with Crippen molar-refractivity contribution in [3.63, 3.8) is 0 Å². The number of amides is 1. The summed E-state index contributed by atoms with van der Waals surface area (Å²) in [7, 11) is 0. The van der Waals surface area contributed by atoms with Gasteiger partial charge in [-0.25, -0.2) is 0 Å². The van der Waals surface area contributed by atoms with Crippen molar-refractivity contribution in [2.24, 2.45) is 17.8 Å². The molecule has 3 aliphatic rings. The van der Waals surface area contributed by atoms with Crippen LogP contribution in [0.3, 0.4) is 0 Å². The average molecular weight is 417 g/mol. The third-order valence-corrected chi connectivity index (χ3v) is 6.89. The van der Waals surface area contributed by atoms with Crippen LogP contribution in [-0.4, -0.2) is 30.0 Å². The number of benzene rings is 2. The lowest BCUT2D eigenvalue weighted by Crippen LogP contribution is -2.24. The molecule has 1 amide bonds. The minimum Gasteiger partial charge on any atom is -0.456 e. The number of carbonyl (C=O) groups is 4. The lowest BCUT2D eigenvalue weighted by Gasteiger charge is -2.20. The highest BCUT2D eigenvalue weighted by Crippen LogP contribution is 2.49. The van der Waals surface area contributed by atoms with Crippen LogP contribution in [0.2, 0.25) is 0 Å². The zero-order valence-corrected chi connectivity index (χ0v) is 17.1. The summed E-state index contributed by atoms with van der Waals surface area (Å²) < 4.78 is 5.17. The molecule has 31 heavy (non-hydrogen) atoms. The summed E-state index contributed by atoms with van der Waals surface area (Å²) in [5.41, 5.74) is 1.71. The van der Waals surface area contributed by atoms with Crippen molar-refractivity contribution >= 4 is 29.1 Å². The van der Waals surface area contributed by atoms with E-state index < -0.39 is 5.91 Å². The van der Waals surface area contributed by atoms with E-state index in [0.717, 1.165) is 12.3 Å². The van der Waals surface area contributed by atoms with E-state index in [0.29, 0.717) is 40.6 Å². The van der Waals surface area contributed by atoms with Crippen molar-refractivity contribution < 1.29 is 23.9 Å². The molecule has 3 unspecified atom stereocenters. The van der Waals surface area contributed by atoms with E-state index in [2.05, 4.69) is 5.32 Å². The lowest BCUT2D eigenvalue weighted by atomic mass is 9.84. The highest BCUT2D eigenvalue weighted by molar-refractivity contribution is 6.28. The Morgan fingerprint density at radius 1 is 0.903 bits per heavy atom. The summed E-state index contributed by atoms with van der Waals surface area (Å²) >= 11 is 0. The molecule has 0 heterocycles. The van der Waals surface area contributed by atoms with Gasteiger partial charge in [0.25, 0.3) is 5.91 Å². The number of ether oxygens (including phenoxy) is 1. The fraction of sp³-hybridized carbons (Fsp3) is 0.360. The molecule has 2 bridgehead atoms. The Labute approximate surface area is 180 Å². The minimum atomic E-state index is -0.476. The van der Waals surface area contributed by atoms with Gasteiger partial charge in [0.05, 0.1) is 0 Å². The molecule has 0 aliphatic heterocycles. The van der Waals surface area contributed by atoms with Crippen molar-refractivity contribution in [1.82, 2.24) is 0 Å². The zero-order chi connectivity index (χ0) is 21.5. The highest BCUT2D eigenvalue weighted by atomic mass is 16.5.